The second-order valence-electron chi connectivity index (χ2n) is 3.67. The van der Waals surface area contributed by atoms with E-state index >= 15 is 0 Å². The fourth-order valence-electron chi connectivity index (χ4n) is 1.65. The van der Waals surface area contributed by atoms with Gasteiger partial charge in [-0.2, -0.15) is 0 Å². The third kappa shape index (κ3) is 2.26. The molecule has 0 aliphatic carbocycles. The predicted molar refractivity (Wildman–Crippen MR) is 58.9 cm³/mol. The molecule has 0 radical (unpaired) electrons. The minimum absolute atomic E-state index is 0.0276. The van der Waals surface area contributed by atoms with Gasteiger partial charge in [-0.25, -0.2) is 19.7 Å². The summed E-state index contributed by atoms with van der Waals surface area (Å²) in [7, 11) is 0. The van der Waals surface area contributed by atoms with Gasteiger partial charge in [0.15, 0.2) is 5.65 Å². The summed E-state index contributed by atoms with van der Waals surface area (Å²) < 4.78 is 1.35. The molecule has 0 amide bonds. The first-order chi connectivity index (χ1) is 8.59. The van der Waals surface area contributed by atoms with Gasteiger partial charge in [-0.1, -0.05) is 0 Å². The highest BCUT2D eigenvalue weighted by Crippen LogP contribution is 2.19. The molecule has 0 saturated heterocycles. The lowest BCUT2D eigenvalue weighted by Crippen LogP contribution is -2.19. The molecule has 2 aromatic rings. The largest absolute Gasteiger partial charge is 0.481 e. The zero-order valence-corrected chi connectivity index (χ0v) is 9.22. The van der Waals surface area contributed by atoms with E-state index < -0.39 is 18.0 Å². The Labute approximate surface area is 101 Å². The molecule has 8 nitrogen and oxygen atoms in total. The molecule has 0 aliphatic rings. The summed E-state index contributed by atoms with van der Waals surface area (Å²) in [5.74, 6) is -2.16. The summed E-state index contributed by atoms with van der Waals surface area (Å²) in [5, 5.41) is 17.7. The molecular weight excluding hydrogens is 240 g/mol. The van der Waals surface area contributed by atoms with E-state index in [0.29, 0.717) is 11.2 Å². The number of aliphatic carboxylic acids is 2. The molecule has 0 saturated carbocycles. The minimum atomic E-state index is -1.12. The average Bonchev–Trinajstić information content (AvgIpc) is 2.73. The number of fused-ring (bicyclic) bond motifs is 1. The van der Waals surface area contributed by atoms with Crippen LogP contribution in [0, 0.1) is 0 Å². The van der Waals surface area contributed by atoms with Crippen molar-refractivity contribution in [3.63, 3.8) is 0 Å². The Hall–Kier alpha value is -2.51. The quantitative estimate of drug-likeness (QED) is 0.784. The first kappa shape index (κ1) is 12.0. The number of carboxylic acid groups (broad SMARTS) is 2. The topological polar surface area (TPSA) is 118 Å². The van der Waals surface area contributed by atoms with Crippen molar-refractivity contribution < 1.29 is 19.8 Å². The molecule has 0 aliphatic heterocycles. The fourth-order valence-corrected chi connectivity index (χ4v) is 1.65. The van der Waals surface area contributed by atoms with Crippen LogP contribution in [0.2, 0.25) is 0 Å². The molecule has 1 unspecified atom stereocenters. The maximum atomic E-state index is 11.2. The Morgan fingerprint density at radius 1 is 1.33 bits per heavy atom. The van der Waals surface area contributed by atoms with Crippen molar-refractivity contribution in [3.8, 4) is 0 Å². The van der Waals surface area contributed by atoms with Gasteiger partial charge in [0.1, 0.15) is 17.9 Å². The van der Waals surface area contributed by atoms with Crippen LogP contribution in [0.1, 0.15) is 18.9 Å². The third-order valence-electron chi connectivity index (χ3n) is 2.49. The molecule has 0 aromatic carbocycles. The number of nitrogens with zero attached hydrogens (tertiary/aromatic N) is 4. The molecule has 2 aromatic heterocycles. The van der Waals surface area contributed by atoms with Crippen molar-refractivity contribution >= 4 is 23.1 Å². The van der Waals surface area contributed by atoms with Gasteiger partial charge >= 0.3 is 11.9 Å². The molecule has 2 heterocycles. The van der Waals surface area contributed by atoms with Crippen LogP contribution in [0.4, 0.5) is 0 Å². The maximum absolute atomic E-state index is 11.2. The van der Waals surface area contributed by atoms with Gasteiger partial charge in [-0.15, -0.1) is 0 Å². The van der Waals surface area contributed by atoms with Gasteiger partial charge in [0.05, 0.1) is 12.5 Å². The monoisotopic (exact) mass is 250 g/mol. The Kier molecular flexibility index (Phi) is 3.18. The van der Waals surface area contributed by atoms with Crippen molar-refractivity contribution in [1.82, 2.24) is 19.5 Å². The Morgan fingerprint density at radius 3 is 2.78 bits per heavy atom. The fraction of sp³-hybridized carbons (Fsp3) is 0.300. The molecule has 1 atom stereocenters. The normalized spacial score (nSPS) is 12.4. The lowest BCUT2D eigenvalue weighted by Gasteiger charge is -2.12. The summed E-state index contributed by atoms with van der Waals surface area (Å²) in [6.45, 7) is 0. The molecule has 18 heavy (non-hydrogen) atoms. The zero-order chi connectivity index (χ0) is 13.1. The van der Waals surface area contributed by atoms with E-state index in [1.54, 1.807) is 0 Å². The molecule has 2 N–H and O–H groups in total. The zero-order valence-electron chi connectivity index (χ0n) is 9.22. The van der Waals surface area contributed by atoms with Gasteiger partial charge in [0.25, 0.3) is 0 Å². The van der Waals surface area contributed by atoms with Crippen LogP contribution in [-0.4, -0.2) is 41.7 Å². The van der Waals surface area contributed by atoms with E-state index in [-0.39, 0.29) is 12.8 Å². The van der Waals surface area contributed by atoms with Gasteiger partial charge in [0.2, 0.25) is 0 Å². The van der Waals surface area contributed by atoms with Gasteiger partial charge < -0.3 is 14.8 Å². The lowest BCUT2D eigenvalue weighted by atomic mass is 10.1. The van der Waals surface area contributed by atoms with Gasteiger partial charge in [0, 0.05) is 6.42 Å². The maximum Gasteiger partial charge on any atom is 0.326 e. The highest BCUT2D eigenvalue weighted by molar-refractivity contribution is 5.77. The minimum Gasteiger partial charge on any atom is -0.481 e. The molecular formula is C10H10N4O4. The highest BCUT2D eigenvalue weighted by Gasteiger charge is 2.22. The number of aromatic nitrogens is 4. The number of hydrogen-bond acceptors (Lipinski definition) is 5. The molecule has 94 valence electrons. The van der Waals surface area contributed by atoms with Crippen LogP contribution < -0.4 is 0 Å². The SMILES string of the molecule is O=C(O)CCC(C(=O)O)n1cnc2cncnc21. The van der Waals surface area contributed by atoms with Crippen LogP contribution in [-0.2, 0) is 9.59 Å². The second kappa shape index (κ2) is 4.78. The summed E-state index contributed by atoms with van der Waals surface area (Å²) in [6, 6.07) is -0.999. The molecule has 0 fully saturated rings. The van der Waals surface area contributed by atoms with E-state index in [1.807, 2.05) is 0 Å². The van der Waals surface area contributed by atoms with Crippen LogP contribution in [0.15, 0.2) is 18.9 Å². The van der Waals surface area contributed by atoms with E-state index in [9.17, 15) is 9.59 Å². The van der Waals surface area contributed by atoms with Gasteiger partial charge in [-0.05, 0) is 6.42 Å². The smallest absolute Gasteiger partial charge is 0.326 e. The van der Waals surface area contributed by atoms with Crippen molar-refractivity contribution in [3.05, 3.63) is 18.9 Å². The van der Waals surface area contributed by atoms with Crippen molar-refractivity contribution in [2.75, 3.05) is 0 Å². The Morgan fingerprint density at radius 2 is 2.11 bits per heavy atom. The molecule has 8 heteroatoms. The first-order valence-electron chi connectivity index (χ1n) is 5.16. The average molecular weight is 250 g/mol. The van der Waals surface area contributed by atoms with Crippen molar-refractivity contribution in [2.24, 2.45) is 0 Å². The van der Waals surface area contributed by atoms with Crippen LogP contribution >= 0.6 is 0 Å². The summed E-state index contributed by atoms with van der Waals surface area (Å²) in [6.07, 6.45) is 3.83. The first-order valence-corrected chi connectivity index (χ1v) is 5.16. The Bertz CT molecular complexity index is 594. The highest BCUT2D eigenvalue weighted by atomic mass is 16.4. The van der Waals surface area contributed by atoms with E-state index in [4.69, 9.17) is 10.2 Å². The molecule has 0 bridgehead atoms. The van der Waals surface area contributed by atoms with Gasteiger partial charge in [-0.3, -0.25) is 4.79 Å². The number of imidazole rings is 1. The Balaban J connectivity index is 2.36. The van der Waals surface area contributed by atoms with Crippen molar-refractivity contribution in [1.29, 1.82) is 0 Å². The number of hydrogen-bond donors (Lipinski definition) is 2. The van der Waals surface area contributed by atoms with Crippen molar-refractivity contribution in [2.45, 2.75) is 18.9 Å². The van der Waals surface area contributed by atoms with Crippen LogP contribution in [0.25, 0.3) is 11.2 Å². The molecule has 2 rings (SSSR count). The van der Waals surface area contributed by atoms with Crippen LogP contribution in [0.5, 0.6) is 0 Å². The number of carbonyl (C=O) groups is 2. The van der Waals surface area contributed by atoms with Crippen LogP contribution in [0.3, 0.4) is 0 Å². The summed E-state index contributed by atoms with van der Waals surface area (Å²) in [4.78, 5) is 33.4. The van der Waals surface area contributed by atoms with E-state index in [1.165, 1.54) is 23.4 Å². The standard InChI is InChI=1S/C10H10N4O4/c15-8(16)2-1-7(10(17)18)14-5-13-6-3-11-4-12-9(6)14/h3-5,7H,1-2H2,(H,15,16)(H,17,18). The number of rotatable bonds is 5. The third-order valence-corrected chi connectivity index (χ3v) is 2.49. The van der Waals surface area contributed by atoms with E-state index in [2.05, 4.69) is 15.0 Å². The number of carboxylic acids is 2. The molecule has 0 spiro atoms. The second-order valence-corrected chi connectivity index (χ2v) is 3.67. The summed E-state index contributed by atoms with van der Waals surface area (Å²) >= 11 is 0. The lowest BCUT2D eigenvalue weighted by molar-refractivity contribution is -0.142. The summed E-state index contributed by atoms with van der Waals surface area (Å²) in [5.41, 5.74) is 0.849. The van der Waals surface area contributed by atoms with E-state index in [0.717, 1.165) is 0 Å². The predicted octanol–water partition coefficient (Wildman–Crippen LogP) is 0.317.